The minimum Gasteiger partial charge on any atom is -0.467 e. The minimum absolute atomic E-state index is 0.138. The molecule has 3 N–H and O–H groups in total. The lowest BCUT2D eigenvalue weighted by Gasteiger charge is -2.10. The quantitative estimate of drug-likeness (QED) is 0.778. The number of hydrogen-bond acceptors (Lipinski definition) is 5. The fourth-order valence-corrected chi connectivity index (χ4v) is 1.62. The van der Waals surface area contributed by atoms with Crippen molar-refractivity contribution in [1.29, 1.82) is 0 Å². The van der Waals surface area contributed by atoms with Gasteiger partial charge in [0.1, 0.15) is 11.8 Å². The van der Waals surface area contributed by atoms with Gasteiger partial charge in [0.25, 0.3) is 0 Å². The molecule has 0 saturated carbocycles. The summed E-state index contributed by atoms with van der Waals surface area (Å²) in [5.74, 6) is 0.573. The maximum Gasteiger partial charge on any atom is 0.245 e. The number of furan rings is 1. The Morgan fingerprint density at radius 1 is 1.63 bits per heavy atom. The molecule has 2 aromatic rings. The van der Waals surface area contributed by atoms with Crippen molar-refractivity contribution >= 4 is 5.91 Å². The molecule has 0 aliphatic rings. The van der Waals surface area contributed by atoms with Crippen LogP contribution in [0.5, 0.6) is 0 Å². The normalized spacial score (nSPS) is 12.3. The van der Waals surface area contributed by atoms with Gasteiger partial charge in [-0.1, -0.05) is 5.21 Å². The average Bonchev–Trinajstić information content (AvgIpc) is 3.06. The third kappa shape index (κ3) is 3.41. The van der Waals surface area contributed by atoms with E-state index in [4.69, 9.17) is 10.2 Å². The third-order valence-electron chi connectivity index (χ3n) is 2.75. The highest BCUT2D eigenvalue weighted by Gasteiger charge is 2.16. The molecule has 102 valence electrons. The maximum atomic E-state index is 11.9. The monoisotopic (exact) mass is 263 g/mol. The summed E-state index contributed by atoms with van der Waals surface area (Å²) in [6.07, 6.45) is 3.96. The van der Waals surface area contributed by atoms with Gasteiger partial charge in [-0.2, -0.15) is 0 Å². The molecule has 1 amide bonds. The molecule has 1 atom stereocenters. The Balaban J connectivity index is 1.90. The van der Waals surface area contributed by atoms with E-state index in [1.165, 1.54) is 4.68 Å². The molecule has 7 nitrogen and oxygen atoms in total. The third-order valence-corrected chi connectivity index (χ3v) is 2.75. The Morgan fingerprint density at radius 3 is 3.16 bits per heavy atom. The van der Waals surface area contributed by atoms with E-state index in [-0.39, 0.29) is 5.91 Å². The molecule has 0 saturated heterocycles. The van der Waals surface area contributed by atoms with Gasteiger partial charge in [0, 0.05) is 12.6 Å². The predicted molar refractivity (Wildman–Crippen MR) is 68.0 cm³/mol. The summed E-state index contributed by atoms with van der Waals surface area (Å²) in [5.41, 5.74) is 6.23. The lowest BCUT2D eigenvalue weighted by atomic mass is 10.3. The number of nitrogens with one attached hydrogen (secondary N) is 1. The molecule has 2 heterocycles. The second kappa shape index (κ2) is 6.14. The maximum absolute atomic E-state index is 11.9. The van der Waals surface area contributed by atoms with Gasteiger partial charge in [0.2, 0.25) is 5.91 Å². The van der Waals surface area contributed by atoms with Crippen LogP contribution in [0.3, 0.4) is 0 Å². The summed E-state index contributed by atoms with van der Waals surface area (Å²) in [6.45, 7) is 2.64. The number of aromatic nitrogens is 3. The van der Waals surface area contributed by atoms with Crippen molar-refractivity contribution in [1.82, 2.24) is 20.3 Å². The summed E-state index contributed by atoms with van der Waals surface area (Å²) in [5, 5.41) is 10.7. The van der Waals surface area contributed by atoms with Gasteiger partial charge in [-0.05, 0) is 25.6 Å². The number of carbonyl (C=O) groups is 1. The molecule has 19 heavy (non-hydrogen) atoms. The molecule has 7 heteroatoms. The zero-order chi connectivity index (χ0) is 13.7. The number of nitrogens with zero attached hydrogens (tertiary/aromatic N) is 3. The highest BCUT2D eigenvalue weighted by Crippen LogP contribution is 2.06. The molecule has 0 aliphatic heterocycles. The smallest absolute Gasteiger partial charge is 0.245 e. The number of carbonyl (C=O) groups excluding carboxylic acids is 1. The SMILES string of the molecule is CC(C(=O)NCc1ccco1)n1cc(CCN)nn1. The van der Waals surface area contributed by atoms with E-state index in [9.17, 15) is 4.79 Å². The van der Waals surface area contributed by atoms with E-state index in [0.717, 1.165) is 5.69 Å². The van der Waals surface area contributed by atoms with Crippen LogP contribution in [0.1, 0.15) is 24.4 Å². The van der Waals surface area contributed by atoms with Crippen molar-refractivity contribution < 1.29 is 9.21 Å². The van der Waals surface area contributed by atoms with Gasteiger partial charge in [-0.15, -0.1) is 5.10 Å². The van der Waals surface area contributed by atoms with Crippen molar-refractivity contribution in [2.45, 2.75) is 25.9 Å². The largest absolute Gasteiger partial charge is 0.467 e. The van der Waals surface area contributed by atoms with Crippen molar-refractivity contribution in [3.05, 3.63) is 36.0 Å². The van der Waals surface area contributed by atoms with Gasteiger partial charge in [-0.25, -0.2) is 4.68 Å². The van der Waals surface area contributed by atoms with Crippen LogP contribution in [-0.4, -0.2) is 27.4 Å². The van der Waals surface area contributed by atoms with Crippen LogP contribution in [0.2, 0.25) is 0 Å². The fourth-order valence-electron chi connectivity index (χ4n) is 1.62. The first-order valence-corrected chi connectivity index (χ1v) is 6.11. The van der Waals surface area contributed by atoms with Crippen LogP contribution in [0.25, 0.3) is 0 Å². The highest BCUT2D eigenvalue weighted by atomic mass is 16.3. The molecular formula is C12H17N5O2. The highest BCUT2D eigenvalue weighted by molar-refractivity contribution is 5.79. The van der Waals surface area contributed by atoms with Gasteiger partial charge >= 0.3 is 0 Å². The van der Waals surface area contributed by atoms with Gasteiger partial charge in [-0.3, -0.25) is 4.79 Å². The Hall–Kier alpha value is -2.15. The molecule has 1 unspecified atom stereocenters. The molecule has 0 aliphatic carbocycles. The van der Waals surface area contributed by atoms with E-state index in [1.54, 1.807) is 31.5 Å². The average molecular weight is 263 g/mol. The van der Waals surface area contributed by atoms with E-state index < -0.39 is 6.04 Å². The van der Waals surface area contributed by atoms with Crippen LogP contribution < -0.4 is 11.1 Å². The van der Waals surface area contributed by atoms with Gasteiger partial charge < -0.3 is 15.5 Å². The standard InChI is InChI=1S/C12H17N5O2/c1-9(17-8-10(4-5-13)15-16-17)12(18)14-7-11-3-2-6-19-11/h2-3,6,8-9H,4-5,7,13H2,1H3,(H,14,18). The summed E-state index contributed by atoms with van der Waals surface area (Å²) < 4.78 is 6.67. The zero-order valence-electron chi connectivity index (χ0n) is 10.7. The molecule has 0 radical (unpaired) electrons. The molecule has 2 aromatic heterocycles. The van der Waals surface area contributed by atoms with Crippen molar-refractivity contribution in [2.24, 2.45) is 5.73 Å². The van der Waals surface area contributed by atoms with Crippen LogP contribution >= 0.6 is 0 Å². The first-order valence-electron chi connectivity index (χ1n) is 6.11. The zero-order valence-corrected chi connectivity index (χ0v) is 10.7. The number of rotatable bonds is 6. The lowest BCUT2D eigenvalue weighted by Crippen LogP contribution is -2.30. The first-order chi connectivity index (χ1) is 9.20. The lowest BCUT2D eigenvalue weighted by molar-refractivity contribution is -0.124. The fraction of sp³-hybridized carbons (Fsp3) is 0.417. The number of amides is 1. The van der Waals surface area contributed by atoms with E-state index in [2.05, 4.69) is 15.6 Å². The van der Waals surface area contributed by atoms with Crippen molar-refractivity contribution in [2.75, 3.05) is 6.54 Å². The summed E-state index contributed by atoms with van der Waals surface area (Å²) in [7, 11) is 0. The van der Waals surface area contributed by atoms with Crippen LogP contribution in [-0.2, 0) is 17.8 Å². The Morgan fingerprint density at radius 2 is 2.47 bits per heavy atom. The Kier molecular flexibility index (Phi) is 4.30. The molecule has 2 rings (SSSR count). The Labute approximate surface area is 110 Å². The summed E-state index contributed by atoms with van der Waals surface area (Å²) >= 11 is 0. The molecular weight excluding hydrogens is 246 g/mol. The van der Waals surface area contributed by atoms with E-state index in [0.29, 0.717) is 25.3 Å². The van der Waals surface area contributed by atoms with E-state index >= 15 is 0 Å². The summed E-state index contributed by atoms with van der Waals surface area (Å²) in [6, 6.07) is 3.16. The minimum atomic E-state index is -0.422. The van der Waals surface area contributed by atoms with Crippen molar-refractivity contribution in [3.63, 3.8) is 0 Å². The van der Waals surface area contributed by atoms with Crippen LogP contribution in [0.15, 0.2) is 29.0 Å². The second-order valence-electron chi connectivity index (χ2n) is 4.20. The van der Waals surface area contributed by atoms with Gasteiger partial charge in [0.15, 0.2) is 0 Å². The van der Waals surface area contributed by atoms with Crippen molar-refractivity contribution in [3.8, 4) is 0 Å². The predicted octanol–water partition coefficient (Wildman–Crippen LogP) is 0.250. The molecule has 0 aromatic carbocycles. The molecule has 0 fully saturated rings. The second-order valence-corrected chi connectivity index (χ2v) is 4.20. The Bertz CT molecular complexity index is 520. The topological polar surface area (TPSA) is 99.0 Å². The molecule has 0 bridgehead atoms. The van der Waals surface area contributed by atoms with Crippen LogP contribution in [0, 0.1) is 0 Å². The van der Waals surface area contributed by atoms with Gasteiger partial charge in [0.05, 0.1) is 18.5 Å². The first kappa shape index (κ1) is 13.3. The summed E-state index contributed by atoms with van der Waals surface area (Å²) in [4.78, 5) is 11.9. The number of nitrogens with two attached hydrogens (primary N) is 1. The number of hydrogen-bond donors (Lipinski definition) is 2. The van der Waals surface area contributed by atoms with E-state index in [1.807, 2.05) is 0 Å². The van der Waals surface area contributed by atoms with Crippen LogP contribution in [0.4, 0.5) is 0 Å². The molecule has 0 spiro atoms.